The van der Waals surface area contributed by atoms with Crippen molar-refractivity contribution in [1.82, 2.24) is 5.32 Å². The van der Waals surface area contributed by atoms with Gasteiger partial charge in [0.25, 0.3) is 0 Å². The smallest absolute Gasteiger partial charge is 0.180 e. The van der Waals surface area contributed by atoms with Gasteiger partial charge in [0, 0.05) is 17.1 Å². The summed E-state index contributed by atoms with van der Waals surface area (Å²) in [4.78, 5) is 0. The van der Waals surface area contributed by atoms with Crippen molar-refractivity contribution < 1.29 is 9.47 Å². The third-order valence-corrected chi connectivity index (χ3v) is 7.82. The molecule has 3 nitrogen and oxygen atoms in total. The Kier molecular flexibility index (Phi) is 5.64. The molecule has 0 heterocycles. The first kappa shape index (κ1) is 20.5. The second-order valence-electron chi connectivity index (χ2n) is 9.58. The van der Waals surface area contributed by atoms with Gasteiger partial charge < -0.3 is 14.8 Å². The van der Waals surface area contributed by atoms with Crippen LogP contribution >= 0.6 is 23.2 Å². The van der Waals surface area contributed by atoms with Crippen LogP contribution in [0.1, 0.15) is 49.7 Å². The zero-order valence-electron chi connectivity index (χ0n) is 17.4. The van der Waals surface area contributed by atoms with Crippen molar-refractivity contribution in [3.05, 3.63) is 57.6 Å². The molecule has 0 radical (unpaired) electrons. The number of benzene rings is 2. The Morgan fingerprint density at radius 2 is 1.57 bits per heavy atom. The number of hydrogen-bond donors (Lipinski definition) is 1. The van der Waals surface area contributed by atoms with Crippen molar-refractivity contribution in [2.75, 3.05) is 7.11 Å². The van der Waals surface area contributed by atoms with Crippen LogP contribution in [0, 0.1) is 17.8 Å². The van der Waals surface area contributed by atoms with Crippen LogP contribution in [0.25, 0.3) is 0 Å². The van der Waals surface area contributed by atoms with Gasteiger partial charge in [0.1, 0.15) is 6.61 Å². The third kappa shape index (κ3) is 4.17. The first-order chi connectivity index (χ1) is 14.5. The molecule has 0 saturated heterocycles. The standard InChI is InChI=1S/C25H29Cl2NO2/c1-29-23-10-20(9-22(27)24(23)30-15-16-2-4-21(26)5-3-16)14-28-25-11-17-6-18(12-25)8-19(7-17)13-25/h2-5,9-10,17-19,28H,6-8,11-15H2,1H3. The summed E-state index contributed by atoms with van der Waals surface area (Å²) >= 11 is 12.6. The highest BCUT2D eigenvalue weighted by molar-refractivity contribution is 6.32. The maximum atomic E-state index is 6.61. The Morgan fingerprint density at radius 1 is 0.933 bits per heavy atom. The van der Waals surface area contributed by atoms with Crippen LogP contribution in [-0.2, 0) is 13.2 Å². The Bertz CT molecular complexity index is 877. The molecule has 0 aromatic heterocycles. The van der Waals surface area contributed by atoms with Crippen LogP contribution in [0.15, 0.2) is 36.4 Å². The Labute approximate surface area is 189 Å². The topological polar surface area (TPSA) is 30.5 Å². The molecule has 4 aliphatic rings. The minimum Gasteiger partial charge on any atom is -0.493 e. The summed E-state index contributed by atoms with van der Waals surface area (Å²) in [6, 6.07) is 11.7. The lowest BCUT2D eigenvalue weighted by atomic mass is 9.53. The molecule has 30 heavy (non-hydrogen) atoms. The van der Waals surface area contributed by atoms with Crippen LogP contribution in [0.5, 0.6) is 11.5 Å². The van der Waals surface area contributed by atoms with Crippen molar-refractivity contribution >= 4 is 23.2 Å². The molecule has 0 spiro atoms. The molecular weight excluding hydrogens is 417 g/mol. The summed E-state index contributed by atoms with van der Waals surface area (Å²) in [5.41, 5.74) is 2.51. The predicted octanol–water partition coefficient (Wildman–Crippen LogP) is 6.64. The Hall–Kier alpha value is -1.42. The van der Waals surface area contributed by atoms with E-state index in [0.29, 0.717) is 33.7 Å². The van der Waals surface area contributed by atoms with Crippen LogP contribution in [0.3, 0.4) is 0 Å². The maximum absolute atomic E-state index is 6.61. The van der Waals surface area contributed by atoms with E-state index in [4.69, 9.17) is 32.7 Å². The van der Waals surface area contributed by atoms with Crippen LogP contribution in [0.4, 0.5) is 0 Å². The number of hydrogen-bond acceptors (Lipinski definition) is 3. The summed E-state index contributed by atoms with van der Waals surface area (Å²) < 4.78 is 11.6. The van der Waals surface area contributed by atoms with Crippen molar-refractivity contribution in [2.24, 2.45) is 17.8 Å². The maximum Gasteiger partial charge on any atom is 0.180 e. The zero-order chi connectivity index (χ0) is 20.7. The number of ether oxygens (including phenoxy) is 2. The molecule has 2 aromatic rings. The second kappa shape index (κ2) is 8.26. The van der Waals surface area contributed by atoms with Crippen molar-refractivity contribution in [3.63, 3.8) is 0 Å². The Balaban J connectivity index is 1.27. The number of rotatable bonds is 7. The van der Waals surface area contributed by atoms with E-state index in [0.717, 1.165) is 35.4 Å². The van der Waals surface area contributed by atoms with Crippen LogP contribution in [0.2, 0.25) is 10.0 Å². The third-order valence-electron chi connectivity index (χ3n) is 7.29. The fourth-order valence-electron chi connectivity index (χ4n) is 6.37. The van der Waals surface area contributed by atoms with Gasteiger partial charge in [-0.3, -0.25) is 0 Å². The molecule has 1 N–H and O–H groups in total. The molecule has 2 aromatic carbocycles. The molecular formula is C25H29Cl2NO2. The van der Waals surface area contributed by atoms with E-state index in [2.05, 4.69) is 11.4 Å². The quantitative estimate of drug-likeness (QED) is 0.517. The number of nitrogens with one attached hydrogen (secondary N) is 1. The normalized spacial score (nSPS) is 29.2. The molecule has 0 atom stereocenters. The number of halogens is 2. The monoisotopic (exact) mass is 445 g/mol. The summed E-state index contributed by atoms with van der Waals surface area (Å²) in [7, 11) is 1.66. The highest BCUT2D eigenvalue weighted by atomic mass is 35.5. The first-order valence-electron chi connectivity index (χ1n) is 11.0. The van der Waals surface area contributed by atoms with E-state index in [9.17, 15) is 0 Å². The summed E-state index contributed by atoms with van der Waals surface area (Å²) in [5.74, 6) is 4.08. The van der Waals surface area contributed by atoms with Gasteiger partial charge >= 0.3 is 0 Å². The predicted molar refractivity (Wildman–Crippen MR) is 122 cm³/mol. The zero-order valence-corrected chi connectivity index (χ0v) is 18.9. The molecule has 0 aliphatic heterocycles. The van der Waals surface area contributed by atoms with Gasteiger partial charge in [0.05, 0.1) is 12.1 Å². The molecule has 0 amide bonds. The summed E-state index contributed by atoms with van der Waals surface area (Å²) in [6.45, 7) is 1.23. The highest BCUT2D eigenvalue weighted by Crippen LogP contribution is 2.55. The van der Waals surface area contributed by atoms with Gasteiger partial charge in [0.2, 0.25) is 0 Å². The average Bonchev–Trinajstić information content (AvgIpc) is 2.71. The fraction of sp³-hybridized carbons (Fsp3) is 0.520. The van der Waals surface area contributed by atoms with Crippen molar-refractivity contribution in [1.29, 1.82) is 0 Å². The molecule has 0 unspecified atom stereocenters. The first-order valence-corrected chi connectivity index (χ1v) is 11.8. The van der Waals surface area contributed by atoms with Crippen LogP contribution in [-0.4, -0.2) is 12.6 Å². The molecule has 4 bridgehead atoms. The minimum absolute atomic E-state index is 0.332. The van der Waals surface area contributed by atoms with Gasteiger partial charge in [-0.15, -0.1) is 0 Å². The fourth-order valence-corrected chi connectivity index (χ4v) is 6.78. The molecule has 4 saturated carbocycles. The van der Waals surface area contributed by atoms with Gasteiger partial charge in [-0.2, -0.15) is 0 Å². The molecule has 4 fully saturated rings. The van der Waals surface area contributed by atoms with E-state index < -0.39 is 0 Å². The van der Waals surface area contributed by atoms with E-state index in [1.807, 2.05) is 30.3 Å². The van der Waals surface area contributed by atoms with Crippen molar-refractivity contribution in [3.8, 4) is 11.5 Å². The molecule has 160 valence electrons. The lowest BCUT2D eigenvalue weighted by Gasteiger charge is -2.57. The second-order valence-corrected chi connectivity index (χ2v) is 10.4. The van der Waals surface area contributed by atoms with Gasteiger partial charge in [-0.05, 0) is 91.7 Å². The van der Waals surface area contributed by atoms with Gasteiger partial charge in [-0.1, -0.05) is 35.3 Å². The van der Waals surface area contributed by atoms with Gasteiger partial charge in [0.15, 0.2) is 11.5 Å². The Morgan fingerprint density at radius 3 is 2.17 bits per heavy atom. The molecule has 5 heteroatoms. The lowest BCUT2D eigenvalue weighted by molar-refractivity contribution is -0.0206. The SMILES string of the molecule is COc1cc(CNC23CC4CC(CC(C4)C2)C3)cc(Cl)c1OCc1ccc(Cl)cc1. The molecule has 6 rings (SSSR count). The van der Waals surface area contributed by atoms with Crippen molar-refractivity contribution in [2.45, 2.75) is 57.2 Å². The van der Waals surface area contributed by atoms with Gasteiger partial charge in [-0.25, -0.2) is 0 Å². The summed E-state index contributed by atoms with van der Waals surface area (Å²) in [5, 5.41) is 5.24. The number of methoxy groups -OCH3 is 1. The van der Waals surface area contributed by atoms with Crippen LogP contribution < -0.4 is 14.8 Å². The van der Waals surface area contributed by atoms with E-state index in [-0.39, 0.29) is 0 Å². The largest absolute Gasteiger partial charge is 0.493 e. The molecule has 4 aliphatic carbocycles. The lowest BCUT2D eigenvalue weighted by Crippen LogP contribution is -2.58. The minimum atomic E-state index is 0.332. The van der Waals surface area contributed by atoms with E-state index >= 15 is 0 Å². The van der Waals surface area contributed by atoms with E-state index in [1.165, 1.54) is 38.5 Å². The highest BCUT2D eigenvalue weighted by Gasteiger charge is 2.50. The summed E-state index contributed by atoms with van der Waals surface area (Å²) in [6.07, 6.45) is 8.39. The van der Waals surface area contributed by atoms with E-state index in [1.54, 1.807) is 7.11 Å². The average molecular weight is 446 g/mol.